The Labute approximate surface area is 599 Å². The summed E-state index contributed by atoms with van der Waals surface area (Å²) in [6.45, 7) is 11.2. The van der Waals surface area contributed by atoms with Crippen LogP contribution >= 0.6 is 43.2 Å². The second-order valence-electron chi connectivity index (χ2n) is 26.6. The van der Waals surface area contributed by atoms with Crippen molar-refractivity contribution < 1.29 is 67.6 Å². The van der Waals surface area contributed by atoms with Gasteiger partial charge >= 0.3 is 12.2 Å². The van der Waals surface area contributed by atoms with Gasteiger partial charge in [-0.3, -0.25) is 38.9 Å². The Morgan fingerprint density at radius 1 is 0.700 bits per heavy atom. The summed E-state index contributed by atoms with van der Waals surface area (Å²) in [5, 5.41) is 51.9. The Kier molecular flexibility index (Phi) is 31.9. The Morgan fingerprint density at radius 2 is 1.38 bits per heavy atom. The fraction of sp³-hybridized carbons (Fsp3) is 0.514. The van der Waals surface area contributed by atoms with Crippen molar-refractivity contribution in [1.29, 1.82) is 0 Å². The lowest BCUT2D eigenvalue weighted by Gasteiger charge is -2.29. The van der Waals surface area contributed by atoms with Gasteiger partial charge in [-0.15, -0.1) is 0 Å². The summed E-state index contributed by atoms with van der Waals surface area (Å²) in [6, 6.07) is 17.7. The van der Waals surface area contributed by atoms with E-state index in [4.69, 9.17) is 14.2 Å². The van der Waals surface area contributed by atoms with E-state index in [-0.39, 0.29) is 81.0 Å². The molecule has 2 fully saturated rings. The number of aliphatic hydroxyl groups excluding tert-OH is 1. The molecule has 1 saturated heterocycles. The number of aliphatic hydroxyl groups is 1. The molecule has 30 heteroatoms. The molecule has 26 nitrogen and oxygen atoms in total. The molecule has 1 saturated carbocycles. The summed E-state index contributed by atoms with van der Waals surface area (Å²) >= 11 is 0. The number of fused-ring (bicyclic) bond motifs is 1. The molecule has 2 aromatic heterocycles. The molecule has 544 valence electrons. The number of benzene rings is 3. The van der Waals surface area contributed by atoms with E-state index in [0.717, 1.165) is 70.2 Å². The second kappa shape index (κ2) is 40.0. The van der Waals surface area contributed by atoms with Gasteiger partial charge in [0.1, 0.15) is 58.2 Å². The van der Waals surface area contributed by atoms with Crippen molar-refractivity contribution in [2.45, 2.75) is 196 Å². The highest BCUT2D eigenvalue weighted by Crippen LogP contribution is 2.30. The number of hydrogen-bond acceptors (Lipinski definition) is 20. The molecule has 0 radical (unpaired) electrons. The Bertz CT molecular complexity index is 3470. The molecule has 100 heavy (non-hydrogen) atoms. The lowest BCUT2D eigenvalue weighted by Crippen LogP contribution is -2.62. The van der Waals surface area contributed by atoms with Crippen LogP contribution in [-0.4, -0.2) is 183 Å². The largest absolute Gasteiger partial charge is 0.508 e. The molecule has 9 amide bonds. The highest BCUT2D eigenvalue weighted by molar-refractivity contribution is 8.77. The zero-order chi connectivity index (χ0) is 72.2. The molecule has 7 rings (SSSR count). The van der Waals surface area contributed by atoms with Crippen LogP contribution in [0.4, 0.5) is 9.59 Å². The first-order valence-electron chi connectivity index (χ1n) is 33.7. The topological polar surface area (TPSA) is 371 Å². The van der Waals surface area contributed by atoms with Gasteiger partial charge in [-0.05, 0) is 151 Å². The van der Waals surface area contributed by atoms with Crippen molar-refractivity contribution in [2.75, 3.05) is 37.1 Å². The van der Waals surface area contributed by atoms with Gasteiger partial charge < -0.3 is 77.3 Å². The van der Waals surface area contributed by atoms with Gasteiger partial charge in [0.2, 0.25) is 41.4 Å². The molecule has 0 bridgehead atoms. The molecule has 9 atom stereocenters. The lowest BCUT2D eigenvalue weighted by atomic mass is 9.95. The number of carbonyl (C=O) groups is 9. The lowest BCUT2D eigenvalue weighted by molar-refractivity contribution is -0.136. The number of hydrogen-bond donors (Lipinski definition) is 13. The minimum Gasteiger partial charge on any atom is -0.508 e. The first-order valence-corrected chi connectivity index (χ1v) is 38.5. The molecular formula is C70H96N12O14S4. The number of phenolic OH excluding ortho intramolecular Hbond substituents is 1. The van der Waals surface area contributed by atoms with Crippen molar-refractivity contribution in [2.24, 2.45) is 0 Å². The van der Waals surface area contributed by atoms with E-state index in [9.17, 15) is 43.8 Å². The number of amides is 9. The highest BCUT2D eigenvalue weighted by Gasteiger charge is 2.37. The average molecular weight is 1460 g/mol. The SMILES string of the molecule is C[C@@H](O)[C@@H]1NC(=O)[C@H](CCCCNC(=O)OC(C)(C)C)NC(=O)[C@@H](Cc2c[nH]c3ccccc23)NCOC[C@H](Cc2ccc(O)cc2)NC(=O)[C@@H](NC(=O)[C@@H](Cc2ccccc2)NC(=O)OC(C)(C)C)CSSC[C@@H](C(=O)N[C@@H](CSSc2ccccn2)C(=O)NC2CCCCC2)NC1=O. The van der Waals surface area contributed by atoms with Gasteiger partial charge in [-0.1, -0.05) is 118 Å². The monoisotopic (exact) mass is 1460 g/mol. The number of nitrogens with zero attached hydrogens (tertiary/aromatic N) is 1. The molecule has 13 N–H and O–H groups in total. The van der Waals surface area contributed by atoms with Crippen LogP contribution in [0.15, 0.2) is 114 Å². The molecule has 1 aliphatic carbocycles. The number of aromatic hydroxyl groups is 1. The number of nitrogens with one attached hydrogen (secondary N) is 11. The number of aromatic nitrogens is 2. The summed E-state index contributed by atoms with van der Waals surface area (Å²) < 4.78 is 17.3. The van der Waals surface area contributed by atoms with Crippen molar-refractivity contribution in [1.82, 2.24) is 63.1 Å². The van der Waals surface area contributed by atoms with Gasteiger partial charge in [-0.2, -0.15) is 0 Å². The van der Waals surface area contributed by atoms with Crippen molar-refractivity contribution >= 4 is 108 Å². The number of rotatable bonds is 23. The van der Waals surface area contributed by atoms with Crippen LogP contribution in [0.5, 0.6) is 5.75 Å². The zero-order valence-corrected chi connectivity index (χ0v) is 60.8. The van der Waals surface area contributed by atoms with Crippen molar-refractivity contribution in [3.63, 3.8) is 0 Å². The molecule has 5 aromatic rings. The first kappa shape index (κ1) is 79.6. The molecule has 0 spiro atoms. The number of phenols is 1. The van der Waals surface area contributed by atoms with Crippen LogP contribution in [0.1, 0.15) is 117 Å². The predicted molar refractivity (Wildman–Crippen MR) is 389 cm³/mol. The van der Waals surface area contributed by atoms with E-state index < -0.39 is 119 Å². The van der Waals surface area contributed by atoms with Crippen LogP contribution in [0.2, 0.25) is 0 Å². The number of unbranched alkanes of at least 4 members (excludes halogenated alkanes) is 1. The number of carbonyl (C=O) groups excluding carboxylic acids is 9. The van der Waals surface area contributed by atoms with Gasteiger partial charge in [0.25, 0.3) is 0 Å². The highest BCUT2D eigenvalue weighted by atomic mass is 33.1. The number of pyridine rings is 1. The maximum atomic E-state index is 15.1. The molecule has 3 heterocycles. The van der Waals surface area contributed by atoms with E-state index in [1.807, 2.05) is 30.3 Å². The van der Waals surface area contributed by atoms with E-state index in [1.165, 1.54) is 40.6 Å². The first-order chi connectivity index (χ1) is 47.7. The Balaban J connectivity index is 1.25. The van der Waals surface area contributed by atoms with E-state index in [1.54, 1.807) is 109 Å². The third-order valence-electron chi connectivity index (χ3n) is 15.9. The number of ether oxygens (including phenoxy) is 3. The molecule has 1 aliphatic heterocycles. The number of para-hydroxylation sites is 1. The summed E-state index contributed by atoms with van der Waals surface area (Å²) in [6.07, 6.45) is 5.37. The zero-order valence-electron chi connectivity index (χ0n) is 57.6. The molecule has 2 aliphatic rings. The standard InChI is InChI=1S/C70H96N12O14S4/c1-43(83)59-66(91)80-56(65(90)79-57(41-99-100-58-27-17-19-32-71-58)63(88)75-47-22-12-9-13-23-47)40-98-97-39-55(78-62(87)54(35-44-20-10-8-11-21-44)81-68(93)96-70(5,6)7)64(89)76-48(34-45-28-30-49(84)31-29-45)38-94-42-74-53(36-46-37-73-51-25-15-14-24-50(46)51)61(86)77-52(60(85)82-59)26-16-18-33-72-67(92)95-69(2,3)4/h8,10-11,14-15,17,19-21,24-25,27-32,37,43,47-48,52-57,59,73-74,83-84H,9,12-13,16,18,22-23,26,33-36,38-42H2,1-7H3,(H,72,92)(H,75,88)(H,76,89)(H,77,86)(H,78,87)(H,79,90)(H,80,91)(H,81,93)(H,82,85)/t43-,48+,52+,53-,54-,55+,56+,57+,59+/m1/s1. The van der Waals surface area contributed by atoms with Gasteiger partial charge in [-0.25, -0.2) is 14.6 Å². The van der Waals surface area contributed by atoms with Gasteiger partial charge in [0, 0.05) is 59.6 Å². The fourth-order valence-electron chi connectivity index (χ4n) is 10.9. The van der Waals surface area contributed by atoms with Crippen LogP contribution in [-0.2, 0) is 67.0 Å². The molecule has 0 unspecified atom stereocenters. The molecule has 3 aromatic carbocycles. The Morgan fingerprint density at radius 3 is 2.09 bits per heavy atom. The van der Waals surface area contributed by atoms with Crippen LogP contribution < -0.4 is 53.2 Å². The normalized spacial score (nSPS) is 20.8. The number of aromatic amines is 1. The van der Waals surface area contributed by atoms with Crippen molar-refractivity contribution in [3.8, 4) is 5.75 Å². The summed E-state index contributed by atoms with van der Waals surface area (Å²) in [7, 11) is 4.67. The van der Waals surface area contributed by atoms with E-state index in [0.29, 0.717) is 22.6 Å². The Hall–Kier alpha value is -7.74. The number of H-pyrrole nitrogens is 1. The third-order valence-corrected chi connectivity index (χ3v) is 20.6. The predicted octanol–water partition coefficient (Wildman–Crippen LogP) is 6.39. The summed E-state index contributed by atoms with van der Waals surface area (Å²) in [4.78, 5) is 138. The third kappa shape index (κ3) is 28.0. The van der Waals surface area contributed by atoms with Crippen LogP contribution in [0.25, 0.3) is 10.9 Å². The van der Waals surface area contributed by atoms with Crippen molar-refractivity contribution in [3.05, 3.63) is 126 Å². The average Bonchev–Trinajstić information content (AvgIpc) is 1.61. The minimum atomic E-state index is -1.74. The second-order valence-corrected chi connectivity index (χ2v) is 31.6. The van der Waals surface area contributed by atoms with E-state index >= 15 is 9.59 Å². The summed E-state index contributed by atoms with van der Waals surface area (Å²) in [5.74, 6) is -5.60. The number of alkyl carbamates (subject to hydrolysis) is 2. The van der Waals surface area contributed by atoms with E-state index in [2.05, 4.69) is 63.1 Å². The minimum absolute atomic E-state index is 0.00399. The van der Waals surface area contributed by atoms with Crippen LogP contribution in [0, 0.1) is 0 Å². The molecular weight excluding hydrogens is 1360 g/mol. The van der Waals surface area contributed by atoms with Gasteiger partial charge in [0.05, 0.1) is 31.5 Å². The fourth-order valence-corrected chi connectivity index (χ4v) is 15.3. The van der Waals surface area contributed by atoms with Gasteiger partial charge in [0.15, 0.2) is 0 Å². The van der Waals surface area contributed by atoms with Crippen LogP contribution in [0.3, 0.4) is 0 Å². The maximum Gasteiger partial charge on any atom is 0.408 e. The summed E-state index contributed by atoms with van der Waals surface area (Å²) in [5.41, 5.74) is 1.19. The maximum absolute atomic E-state index is 15.1. The quantitative estimate of drug-likeness (QED) is 0.0249. The smallest absolute Gasteiger partial charge is 0.408 e.